The first kappa shape index (κ1) is 13.6. The molecule has 0 fully saturated rings. The first-order chi connectivity index (χ1) is 9.76. The predicted octanol–water partition coefficient (Wildman–Crippen LogP) is 3.79. The van der Waals surface area contributed by atoms with Crippen LogP contribution in [0.1, 0.15) is 18.2 Å². The third kappa shape index (κ3) is 3.15. The lowest BCUT2D eigenvalue weighted by Gasteiger charge is -2.10. The molecule has 20 heavy (non-hydrogen) atoms. The molecule has 0 N–H and O–H groups in total. The third-order valence-corrected chi connectivity index (χ3v) is 2.60. The Morgan fingerprint density at radius 3 is 2.75 bits per heavy atom. The highest BCUT2D eigenvalue weighted by molar-refractivity contribution is 5.56. The van der Waals surface area contributed by atoms with Crippen LogP contribution in [0.25, 0.3) is 6.08 Å². The molecule has 0 aliphatic carbocycles. The SMILES string of the molecule is C/C=C/c1ccc(Oc2cccc(C#N)n2)c(OC)c1. The maximum Gasteiger partial charge on any atom is 0.220 e. The molecule has 0 unspecified atom stereocenters. The van der Waals surface area contributed by atoms with Crippen LogP contribution >= 0.6 is 0 Å². The van der Waals surface area contributed by atoms with Crippen molar-refractivity contribution < 1.29 is 9.47 Å². The van der Waals surface area contributed by atoms with Crippen molar-refractivity contribution in [3.63, 3.8) is 0 Å². The molecule has 100 valence electrons. The van der Waals surface area contributed by atoms with Crippen LogP contribution in [0.2, 0.25) is 0 Å². The fraction of sp³-hybridized carbons (Fsp3) is 0.125. The number of rotatable bonds is 4. The van der Waals surface area contributed by atoms with E-state index in [1.165, 1.54) is 0 Å². The van der Waals surface area contributed by atoms with Gasteiger partial charge in [0.05, 0.1) is 7.11 Å². The number of nitrogens with zero attached hydrogens (tertiary/aromatic N) is 2. The molecule has 4 heteroatoms. The number of ether oxygens (including phenoxy) is 2. The number of pyridine rings is 1. The Bertz CT molecular complexity index is 672. The lowest BCUT2D eigenvalue weighted by Crippen LogP contribution is -1.93. The van der Waals surface area contributed by atoms with E-state index >= 15 is 0 Å². The van der Waals surface area contributed by atoms with Crippen LogP contribution in [0.15, 0.2) is 42.5 Å². The normalized spacial score (nSPS) is 10.2. The van der Waals surface area contributed by atoms with E-state index in [9.17, 15) is 0 Å². The Labute approximate surface area is 117 Å². The van der Waals surface area contributed by atoms with Crippen molar-refractivity contribution in [2.24, 2.45) is 0 Å². The van der Waals surface area contributed by atoms with Crippen LogP contribution in [0, 0.1) is 11.3 Å². The number of hydrogen-bond acceptors (Lipinski definition) is 4. The Kier molecular flexibility index (Phi) is 4.35. The molecule has 1 heterocycles. The molecule has 1 aromatic carbocycles. The highest BCUT2D eigenvalue weighted by Gasteiger charge is 2.07. The molecule has 0 saturated carbocycles. The van der Waals surface area contributed by atoms with Crippen LogP contribution < -0.4 is 9.47 Å². The van der Waals surface area contributed by atoms with Crippen molar-refractivity contribution in [3.8, 4) is 23.4 Å². The van der Waals surface area contributed by atoms with Crippen LogP contribution in [-0.2, 0) is 0 Å². The van der Waals surface area contributed by atoms with Gasteiger partial charge in [-0.1, -0.05) is 24.3 Å². The average Bonchev–Trinajstić information content (AvgIpc) is 2.49. The third-order valence-electron chi connectivity index (χ3n) is 2.60. The zero-order chi connectivity index (χ0) is 14.4. The molecule has 2 rings (SSSR count). The fourth-order valence-corrected chi connectivity index (χ4v) is 1.71. The topological polar surface area (TPSA) is 55.1 Å². The van der Waals surface area contributed by atoms with E-state index in [1.807, 2.05) is 43.3 Å². The van der Waals surface area contributed by atoms with E-state index in [2.05, 4.69) is 4.98 Å². The number of methoxy groups -OCH3 is 1. The lowest BCUT2D eigenvalue weighted by molar-refractivity contribution is 0.374. The van der Waals surface area contributed by atoms with Gasteiger partial charge in [-0.3, -0.25) is 0 Å². The van der Waals surface area contributed by atoms with Gasteiger partial charge in [0.1, 0.15) is 11.8 Å². The average molecular weight is 266 g/mol. The van der Waals surface area contributed by atoms with Crippen molar-refractivity contribution in [1.29, 1.82) is 5.26 Å². The van der Waals surface area contributed by atoms with E-state index in [0.29, 0.717) is 23.1 Å². The standard InChI is InChI=1S/C16H14N2O2/c1-3-5-12-8-9-14(15(10-12)19-2)20-16-7-4-6-13(11-17)18-16/h3-10H,1-2H3/b5-3+. The minimum absolute atomic E-state index is 0.312. The molecule has 0 aliphatic heterocycles. The van der Waals surface area contributed by atoms with E-state index in [4.69, 9.17) is 14.7 Å². The van der Waals surface area contributed by atoms with Gasteiger partial charge < -0.3 is 9.47 Å². The van der Waals surface area contributed by atoms with Gasteiger partial charge in [-0.15, -0.1) is 0 Å². The number of benzene rings is 1. The second-order valence-electron chi connectivity index (χ2n) is 3.99. The van der Waals surface area contributed by atoms with Crippen LogP contribution in [0.5, 0.6) is 17.4 Å². The monoisotopic (exact) mass is 266 g/mol. The molecule has 0 radical (unpaired) electrons. The molecule has 0 atom stereocenters. The summed E-state index contributed by atoms with van der Waals surface area (Å²) in [6, 6.07) is 12.6. The first-order valence-corrected chi connectivity index (χ1v) is 6.12. The number of aromatic nitrogens is 1. The second-order valence-corrected chi connectivity index (χ2v) is 3.99. The largest absolute Gasteiger partial charge is 0.493 e. The number of allylic oxidation sites excluding steroid dienone is 1. The van der Waals surface area contributed by atoms with Gasteiger partial charge in [0.2, 0.25) is 5.88 Å². The highest BCUT2D eigenvalue weighted by Crippen LogP contribution is 2.31. The Balaban J connectivity index is 2.31. The predicted molar refractivity (Wildman–Crippen MR) is 76.7 cm³/mol. The summed E-state index contributed by atoms with van der Waals surface area (Å²) in [5.74, 6) is 1.54. The van der Waals surface area contributed by atoms with Gasteiger partial charge in [0.25, 0.3) is 0 Å². The van der Waals surface area contributed by atoms with Crippen molar-refractivity contribution in [1.82, 2.24) is 4.98 Å². The van der Waals surface area contributed by atoms with E-state index in [0.717, 1.165) is 5.56 Å². The molecule has 0 amide bonds. The summed E-state index contributed by atoms with van der Waals surface area (Å²) in [4.78, 5) is 4.07. The van der Waals surface area contributed by atoms with E-state index in [-0.39, 0.29) is 0 Å². The fourth-order valence-electron chi connectivity index (χ4n) is 1.71. The van der Waals surface area contributed by atoms with Crippen LogP contribution in [0.4, 0.5) is 0 Å². The summed E-state index contributed by atoms with van der Waals surface area (Å²) in [5.41, 5.74) is 1.34. The molecule has 1 aromatic heterocycles. The zero-order valence-corrected chi connectivity index (χ0v) is 11.3. The molecule has 4 nitrogen and oxygen atoms in total. The van der Waals surface area contributed by atoms with E-state index < -0.39 is 0 Å². The molecular weight excluding hydrogens is 252 g/mol. The smallest absolute Gasteiger partial charge is 0.220 e. The summed E-state index contributed by atoms with van der Waals surface area (Å²) in [7, 11) is 1.58. The van der Waals surface area contributed by atoms with Crippen molar-refractivity contribution in [2.75, 3.05) is 7.11 Å². The molecular formula is C16H14N2O2. The van der Waals surface area contributed by atoms with Crippen molar-refractivity contribution in [2.45, 2.75) is 6.92 Å². The van der Waals surface area contributed by atoms with Gasteiger partial charge in [-0.05, 0) is 30.7 Å². The first-order valence-electron chi connectivity index (χ1n) is 6.12. The number of hydrogen-bond donors (Lipinski definition) is 0. The van der Waals surface area contributed by atoms with Crippen LogP contribution in [0.3, 0.4) is 0 Å². The summed E-state index contributed by atoms with van der Waals surface area (Å²) in [5, 5.41) is 8.82. The maximum absolute atomic E-state index is 8.82. The van der Waals surface area contributed by atoms with Gasteiger partial charge >= 0.3 is 0 Å². The highest BCUT2D eigenvalue weighted by atomic mass is 16.5. The Morgan fingerprint density at radius 1 is 1.20 bits per heavy atom. The summed E-state index contributed by atoms with van der Waals surface area (Å²) in [6.45, 7) is 1.95. The number of nitriles is 1. The minimum Gasteiger partial charge on any atom is -0.493 e. The Morgan fingerprint density at radius 2 is 2.05 bits per heavy atom. The molecule has 0 aliphatic rings. The quantitative estimate of drug-likeness (QED) is 0.844. The van der Waals surface area contributed by atoms with Gasteiger partial charge in [0.15, 0.2) is 11.5 Å². The Hall–Kier alpha value is -2.80. The lowest BCUT2D eigenvalue weighted by atomic mass is 10.2. The molecule has 0 spiro atoms. The van der Waals surface area contributed by atoms with Crippen molar-refractivity contribution >= 4 is 6.08 Å². The maximum atomic E-state index is 8.82. The van der Waals surface area contributed by atoms with Gasteiger partial charge in [-0.25, -0.2) is 4.98 Å². The second kappa shape index (κ2) is 6.39. The minimum atomic E-state index is 0.312. The van der Waals surface area contributed by atoms with Crippen LogP contribution in [-0.4, -0.2) is 12.1 Å². The molecule has 2 aromatic rings. The van der Waals surface area contributed by atoms with E-state index in [1.54, 1.807) is 25.3 Å². The van der Waals surface area contributed by atoms with Crippen molar-refractivity contribution in [3.05, 3.63) is 53.7 Å². The molecule has 0 bridgehead atoms. The summed E-state index contributed by atoms with van der Waals surface area (Å²) < 4.78 is 11.0. The van der Waals surface area contributed by atoms with Gasteiger partial charge in [-0.2, -0.15) is 5.26 Å². The molecule has 0 saturated heterocycles. The zero-order valence-electron chi connectivity index (χ0n) is 11.3. The van der Waals surface area contributed by atoms with Gasteiger partial charge in [0, 0.05) is 6.07 Å². The summed E-state index contributed by atoms with van der Waals surface area (Å²) >= 11 is 0. The summed E-state index contributed by atoms with van der Waals surface area (Å²) in [6.07, 6.45) is 3.92.